The fraction of sp³-hybridized carbons (Fsp3) is 0.471. The summed E-state index contributed by atoms with van der Waals surface area (Å²) >= 11 is 0. The number of rotatable bonds is 4. The van der Waals surface area contributed by atoms with E-state index in [2.05, 4.69) is 37.2 Å². The summed E-state index contributed by atoms with van der Waals surface area (Å²) in [6.45, 7) is 4.84. The third kappa shape index (κ3) is 2.65. The zero-order valence-electron chi connectivity index (χ0n) is 13.5. The van der Waals surface area contributed by atoms with Crippen molar-refractivity contribution in [3.8, 4) is 0 Å². The molecule has 5 rings (SSSR count). The summed E-state index contributed by atoms with van der Waals surface area (Å²) < 4.78 is 7.28. The number of anilines is 1. The predicted molar refractivity (Wildman–Crippen MR) is 89.0 cm³/mol. The molecule has 4 heterocycles. The van der Waals surface area contributed by atoms with Gasteiger partial charge >= 0.3 is 0 Å². The number of hydrogen-bond donors (Lipinski definition) is 0. The fourth-order valence-electron chi connectivity index (χ4n) is 3.30. The SMILES string of the molecule is c1cn2nc(N3CCN(Cc4cc(C5CC5)on4)CC3)ccc2n1. The Morgan fingerprint density at radius 3 is 2.83 bits per heavy atom. The highest BCUT2D eigenvalue weighted by Gasteiger charge is 2.28. The molecule has 1 saturated carbocycles. The molecule has 0 radical (unpaired) electrons. The van der Waals surface area contributed by atoms with Crippen LogP contribution in [0.2, 0.25) is 0 Å². The lowest BCUT2D eigenvalue weighted by Crippen LogP contribution is -2.46. The summed E-state index contributed by atoms with van der Waals surface area (Å²) in [5, 5.41) is 8.86. The van der Waals surface area contributed by atoms with Crippen LogP contribution < -0.4 is 4.90 Å². The number of aromatic nitrogens is 4. The molecule has 124 valence electrons. The van der Waals surface area contributed by atoms with Gasteiger partial charge in [-0.25, -0.2) is 9.50 Å². The van der Waals surface area contributed by atoms with Crippen LogP contribution in [0.5, 0.6) is 0 Å². The van der Waals surface area contributed by atoms with Crippen molar-refractivity contribution in [3.63, 3.8) is 0 Å². The van der Waals surface area contributed by atoms with Crippen LogP contribution in [-0.4, -0.2) is 50.8 Å². The summed E-state index contributed by atoms with van der Waals surface area (Å²) in [7, 11) is 0. The van der Waals surface area contributed by atoms with E-state index in [1.807, 2.05) is 16.8 Å². The van der Waals surface area contributed by atoms with Crippen LogP contribution >= 0.6 is 0 Å². The molecule has 3 aromatic heterocycles. The van der Waals surface area contributed by atoms with Gasteiger partial charge in [-0.1, -0.05) is 5.16 Å². The van der Waals surface area contributed by atoms with Crippen LogP contribution in [0.4, 0.5) is 5.82 Å². The van der Waals surface area contributed by atoms with Gasteiger partial charge in [0.25, 0.3) is 0 Å². The van der Waals surface area contributed by atoms with Gasteiger partial charge in [0.2, 0.25) is 0 Å². The Hall–Kier alpha value is -2.41. The van der Waals surface area contributed by atoms with Gasteiger partial charge in [-0.2, -0.15) is 0 Å². The summed E-state index contributed by atoms with van der Waals surface area (Å²) in [5.41, 5.74) is 1.94. The van der Waals surface area contributed by atoms with Crippen molar-refractivity contribution in [1.29, 1.82) is 0 Å². The highest BCUT2D eigenvalue weighted by Crippen LogP contribution is 2.40. The van der Waals surface area contributed by atoms with Crippen LogP contribution in [0.1, 0.15) is 30.2 Å². The van der Waals surface area contributed by atoms with E-state index in [1.165, 1.54) is 12.8 Å². The Kier molecular flexibility index (Phi) is 3.26. The number of hydrogen-bond acceptors (Lipinski definition) is 6. The van der Waals surface area contributed by atoms with Crippen LogP contribution in [0.25, 0.3) is 5.65 Å². The van der Waals surface area contributed by atoms with Crippen LogP contribution in [0, 0.1) is 0 Å². The Morgan fingerprint density at radius 2 is 2.00 bits per heavy atom. The molecule has 0 aromatic carbocycles. The van der Waals surface area contributed by atoms with E-state index in [9.17, 15) is 0 Å². The largest absolute Gasteiger partial charge is 0.361 e. The standard InChI is InChI=1S/C17H20N6O/c1-2-13(1)15-11-14(20-24-15)12-21-7-9-22(10-8-21)17-4-3-16-18-5-6-23(16)19-17/h3-6,11,13H,1-2,7-10,12H2. The van der Waals surface area contributed by atoms with Crippen LogP contribution in [-0.2, 0) is 6.54 Å². The molecule has 2 fully saturated rings. The molecule has 7 heteroatoms. The lowest BCUT2D eigenvalue weighted by atomic mass is 10.2. The second kappa shape index (κ2) is 5.59. The van der Waals surface area contributed by atoms with Crippen molar-refractivity contribution in [3.05, 3.63) is 42.0 Å². The molecule has 1 saturated heterocycles. The normalized spacial score (nSPS) is 19.2. The second-order valence-electron chi connectivity index (χ2n) is 6.68. The van der Waals surface area contributed by atoms with E-state index in [0.717, 1.165) is 55.6 Å². The molecule has 0 atom stereocenters. The Balaban J connectivity index is 1.21. The maximum absolute atomic E-state index is 5.45. The molecule has 7 nitrogen and oxygen atoms in total. The minimum absolute atomic E-state index is 0.632. The van der Waals surface area contributed by atoms with E-state index in [-0.39, 0.29) is 0 Å². The molecule has 0 N–H and O–H groups in total. The first-order chi connectivity index (χ1) is 11.8. The number of fused-ring (bicyclic) bond motifs is 1. The Labute approximate surface area is 139 Å². The highest BCUT2D eigenvalue weighted by molar-refractivity contribution is 5.46. The average Bonchev–Trinajstić information content (AvgIpc) is 3.17. The smallest absolute Gasteiger partial charge is 0.153 e. The first-order valence-corrected chi connectivity index (χ1v) is 8.58. The summed E-state index contributed by atoms with van der Waals surface area (Å²) in [5.74, 6) is 2.71. The predicted octanol–water partition coefficient (Wildman–Crippen LogP) is 1.92. The molecule has 1 aliphatic carbocycles. The Morgan fingerprint density at radius 1 is 1.12 bits per heavy atom. The lowest BCUT2D eigenvalue weighted by Gasteiger charge is -2.34. The summed E-state index contributed by atoms with van der Waals surface area (Å²) in [6, 6.07) is 6.21. The summed E-state index contributed by atoms with van der Waals surface area (Å²) in [6.07, 6.45) is 6.16. The molecule has 1 aliphatic heterocycles. The van der Waals surface area contributed by atoms with Crippen molar-refractivity contribution >= 4 is 11.5 Å². The molecule has 0 unspecified atom stereocenters. The minimum Gasteiger partial charge on any atom is -0.361 e. The average molecular weight is 324 g/mol. The fourth-order valence-corrected chi connectivity index (χ4v) is 3.30. The van der Waals surface area contributed by atoms with Gasteiger partial charge in [0.1, 0.15) is 11.6 Å². The molecule has 0 amide bonds. The molecule has 3 aromatic rings. The van der Waals surface area contributed by atoms with Crippen LogP contribution in [0.15, 0.2) is 35.1 Å². The molecular formula is C17H20N6O. The topological polar surface area (TPSA) is 62.7 Å². The van der Waals surface area contributed by atoms with Crippen LogP contribution in [0.3, 0.4) is 0 Å². The molecule has 2 aliphatic rings. The highest BCUT2D eigenvalue weighted by atomic mass is 16.5. The van der Waals surface area contributed by atoms with Crippen molar-refractivity contribution < 1.29 is 4.52 Å². The first-order valence-electron chi connectivity index (χ1n) is 8.58. The molecular weight excluding hydrogens is 304 g/mol. The molecule has 24 heavy (non-hydrogen) atoms. The maximum Gasteiger partial charge on any atom is 0.153 e. The monoisotopic (exact) mass is 324 g/mol. The maximum atomic E-state index is 5.45. The van der Waals surface area contributed by atoms with Gasteiger partial charge in [-0.15, -0.1) is 5.10 Å². The van der Waals surface area contributed by atoms with Gasteiger partial charge in [0, 0.05) is 57.1 Å². The summed E-state index contributed by atoms with van der Waals surface area (Å²) in [4.78, 5) is 9.00. The lowest BCUT2D eigenvalue weighted by molar-refractivity contribution is 0.241. The van der Waals surface area contributed by atoms with Crippen molar-refractivity contribution in [1.82, 2.24) is 24.7 Å². The van der Waals surface area contributed by atoms with E-state index in [1.54, 1.807) is 6.20 Å². The van der Waals surface area contributed by atoms with Gasteiger partial charge in [0.15, 0.2) is 5.65 Å². The van der Waals surface area contributed by atoms with E-state index < -0.39 is 0 Å². The van der Waals surface area contributed by atoms with Crippen molar-refractivity contribution in [2.24, 2.45) is 0 Å². The van der Waals surface area contributed by atoms with E-state index in [4.69, 9.17) is 4.52 Å². The van der Waals surface area contributed by atoms with E-state index >= 15 is 0 Å². The molecule has 0 bridgehead atoms. The minimum atomic E-state index is 0.632. The first kappa shape index (κ1) is 14.0. The quantitative estimate of drug-likeness (QED) is 0.730. The van der Waals surface area contributed by atoms with Crippen molar-refractivity contribution in [2.75, 3.05) is 31.1 Å². The zero-order chi connectivity index (χ0) is 15.9. The van der Waals surface area contributed by atoms with Gasteiger partial charge in [-0.3, -0.25) is 4.90 Å². The number of nitrogens with zero attached hydrogens (tertiary/aromatic N) is 6. The number of piperazine rings is 1. The number of imidazole rings is 1. The third-order valence-electron chi connectivity index (χ3n) is 4.88. The van der Waals surface area contributed by atoms with E-state index in [0.29, 0.717) is 5.92 Å². The third-order valence-corrected chi connectivity index (χ3v) is 4.88. The van der Waals surface area contributed by atoms with Gasteiger partial charge in [-0.05, 0) is 25.0 Å². The Bertz CT molecular complexity index is 844. The van der Waals surface area contributed by atoms with Gasteiger partial charge < -0.3 is 9.42 Å². The zero-order valence-corrected chi connectivity index (χ0v) is 13.5. The second-order valence-corrected chi connectivity index (χ2v) is 6.68. The molecule has 0 spiro atoms. The van der Waals surface area contributed by atoms with Gasteiger partial charge in [0.05, 0.1) is 5.69 Å². The van der Waals surface area contributed by atoms with Crippen molar-refractivity contribution in [2.45, 2.75) is 25.3 Å².